The van der Waals surface area contributed by atoms with Gasteiger partial charge in [0.25, 0.3) is 11.8 Å². The molecular formula is C33H36F6N2O12. The van der Waals surface area contributed by atoms with E-state index in [0.717, 1.165) is 37.4 Å². The summed E-state index contributed by atoms with van der Waals surface area (Å²) < 4.78 is 120. The molecule has 3 fully saturated rings. The summed E-state index contributed by atoms with van der Waals surface area (Å²) in [5.41, 5.74) is -2.90. The van der Waals surface area contributed by atoms with E-state index in [1.54, 1.807) is 13.8 Å². The lowest BCUT2D eigenvalue weighted by Gasteiger charge is -2.44. The van der Waals surface area contributed by atoms with Crippen molar-refractivity contribution in [2.24, 2.45) is 0 Å². The second-order valence-corrected chi connectivity index (χ2v) is 12.7. The normalized spacial score (nSPS) is 29.7. The highest BCUT2D eigenvalue weighted by atomic mass is 19.4. The maximum Gasteiger partial charge on any atom is 0.416 e. The Morgan fingerprint density at radius 3 is 1.98 bits per heavy atom. The number of methoxy groups -OCH3 is 1. The number of esters is 1. The molecule has 9 atom stereocenters. The fourth-order valence-corrected chi connectivity index (χ4v) is 6.01. The van der Waals surface area contributed by atoms with Gasteiger partial charge in [0.05, 0.1) is 24.8 Å². The molecule has 0 aliphatic carbocycles. The molecule has 2 aromatic carbocycles. The molecule has 0 saturated carbocycles. The smallest absolute Gasteiger partial charge is 0.416 e. The van der Waals surface area contributed by atoms with Crippen LogP contribution in [0.3, 0.4) is 0 Å². The Labute approximate surface area is 297 Å². The number of halogens is 6. The molecule has 0 bridgehead atoms. The molecule has 0 aromatic heterocycles. The first-order chi connectivity index (χ1) is 24.8. The fraction of sp³-hybridized carbons (Fsp3) is 0.545. The first-order valence-electron chi connectivity index (χ1n) is 16.0. The topological polar surface area (TPSA) is 180 Å². The summed E-state index contributed by atoms with van der Waals surface area (Å²) >= 11 is 0. The van der Waals surface area contributed by atoms with Crippen molar-refractivity contribution in [1.82, 2.24) is 10.6 Å². The fourth-order valence-electron chi connectivity index (χ4n) is 6.01. The number of ether oxygens (including phenoxy) is 7. The van der Waals surface area contributed by atoms with Crippen LogP contribution in [0.25, 0.3) is 0 Å². The summed E-state index contributed by atoms with van der Waals surface area (Å²) in [7, 11) is 1.05. The van der Waals surface area contributed by atoms with Crippen molar-refractivity contribution in [1.29, 1.82) is 0 Å². The van der Waals surface area contributed by atoms with Crippen molar-refractivity contribution < 1.29 is 84.1 Å². The standard InChI is InChI=1S/C33H36F6N2O12/c1-31(2)52-24-19(12-40-27(45)15-6-4-8-17(10-15)32(34,35)36)49-30(26(24)53-31)51-29-22(25(48-14-21(43)47-3)23(44)20(13-42)50-29)41-28(46)16-7-5-9-18(11-16)33(37,38)39/h4-11,19-20,22-26,29-30,42,44H,12-14H2,1-3H3,(H,40,45)(H,41,46)/t19-,20?,22?,23+,24?,25-,26-,29?,30?/m1/s1. The molecule has 0 spiro atoms. The highest BCUT2D eigenvalue weighted by molar-refractivity contribution is 5.95. The zero-order valence-electron chi connectivity index (χ0n) is 28.2. The molecule has 3 aliphatic heterocycles. The minimum Gasteiger partial charge on any atom is -0.467 e. The third kappa shape index (κ3) is 9.44. The number of fused-ring (bicyclic) bond motifs is 1. The maximum absolute atomic E-state index is 13.4. The Morgan fingerprint density at radius 2 is 1.42 bits per heavy atom. The Hall–Kier alpha value is -3.89. The number of carbonyl (C=O) groups is 3. The van der Waals surface area contributed by atoms with Gasteiger partial charge in [-0.15, -0.1) is 0 Å². The van der Waals surface area contributed by atoms with Crippen molar-refractivity contribution in [3.63, 3.8) is 0 Å². The van der Waals surface area contributed by atoms with E-state index in [1.165, 1.54) is 6.07 Å². The average molecular weight is 767 g/mol. The van der Waals surface area contributed by atoms with Gasteiger partial charge < -0.3 is 54.0 Å². The number of benzene rings is 2. The van der Waals surface area contributed by atoms with Crippen LogP contribution < -0.4 is 10.6 Å². The molecule has 5 rings (SSSR count). The summed E-state index contributed by atoms with van der Waals surface area (Å²) in [4.78, 5) is 38.2. The lowest BCUT2D eigenvalue weighted by Crippen LogP contribution is -2.66. The summed E-state index contributed by atoms with van der Waals surface area (Å²) in [5.74, 6) is -4.11. The van der Waals surface area contributed by atoms with Crippen LogP contribution in [-0.2, 0) is 50.3 Å². The number of nitrogens with one attached hydrogen (secondary N) is 2. The van der Waals surface area contributed by atoms with Crippen LogP contribution in [0.15, 0.2) is 48.5 Å². The van der Waals surface area contributed by atoms with Crippen molar-refractivity contribution in [2.45, 2.75) is 87.2 Å². The minimum atomic E-state index is -4.79. The predicted octanol–water partition coefficient (Wildman–Crippen LogP) is 2.15. The summed E-state index contributed by atoms with van der Waals surface area (Å²) in [5, 5.41) is 26.0. The molecule has 3 aliphatic rings. The van der Waals surface area contributed by atoms with Gasteiger partial charge in [0.1, 0.15) is 49.3 Å². The molecule has 3 saturated heterocycles. The van der Waals surface area contributed by atoms with Crippen LogP contribution in [-0.4, -0.2) is 116 Å². The van der Waals surface area contributed by atoms with Crippen molar-refractivity contribution in [2.75, 3.05) is 26.9 Å². The Bertz CT molecular complexity index is 1640. The highest BCUT2D eigenvalue weighted by Gasteiger charge is 2.58. The van der Waals surface area contributed by atoms with Crippen molar-refractivity contribution in [3.8, 4) is 0 Å². The minimum absolute atomic E-state index is 0.285. The van der Waals surface area contributed by atoms with E-state index in [-0.39, 0.29) is 12.1 Å². The third-order valence-electron chi connectivity index (χ3n) is 8.52. The van der Waals surface area contributed by atoms with Crippen LogP contribution in [0.1, 0.15) is 45.7 Å². The average Bonchev–Trinajstić information content (AvgIpc) is 3.59. The monoisotopic (exact) mass is 766 g/mol. The quantitative estimate of drug-likeness (QED) is 0.194. The molecule has 0 radical (unpaired) electrons. The third-order valence-corrected chi connectivity index (χ3v) is 8.52. The SMILES string of the molecule is COC(=O)CO[C@@H]1C(NC(=O)c2cccc(C(F)(F)F)c2)C(OC2O[C@H](CNC(=O)c3cccc(C(F)(F)F)c3)C3OC(C)(C)O[C@@H]23)OC(CO)[C@@H]1O. The first-order valence-corrected chi connectivity index (χ1v) is 16.0. The molecular weight excluding hydrogens is 730 g/mol. The van der Waals surface area contributed by atoms with E-state index in [0.29, 0.717) is 12.1 Å². The Balaban J connectivity index is 1.39. The van der Waals surface area contributed by atoms with Gasteiger partial charge in [-0.1, -0.05) is 12.1 Å². The van der Waals surface area contributed by atoms with Crippen molar-refractivity contribution in [3.05, 3.63) is 70.8 Å². The Kier molecular flexibility index (Phi) is 12.0. The van der Waals surface area contributed by atoms with Gasteiger partial charge in [-0.3, -0.25) is 9.59 Å². The number of aliphatic hydroxyl groups is 2. The molecule has 5 unspecified atom stereocenters. The van der Waals surface area contributed by atoms with Crippen LogP contribution in [0.5, 0.6) is 0 Å². The Morgan fingerprint density at radius 1 is 0.849 bits per heavy atom. The zero-order valence-corrected chi connectivity index (χ0v) is 28.2. The lowest BCUT2D eigenvalue weighted by molar-refractivity contribution is -0.329. The molecule has 292 valence electrons. The van der Waals surface area contributed by atoms with Gasteiger partial charge >= 0.3 is 18.3 Å². The molecule has 3 heterocycles. The zero-order chi connectivity index (χ0) is 38.9. The summed E-state index contributed by atoms with van der Waals surface area (Å²) in [6, 6.07) is 5.58. The largest absolute Gasteiger partial charge is 0.467 e. The molecule has 4 N–H and O–H groups in total. The van der Waals surface area contributed by atoms with Gasteiger partial charge in [-0.05, 0) is 50.2 Å². The van der Waals surface area contributed by atoms with E-state index in [9.17, 15) is 50.9 Å². The highest BCUT2D eigenvalue weighted by Crippen LogP contribution is 2.40. The number of alkyl halides is 6. The van der Waals surface area contributed by atoms with Crippen LogP contribution in [0.4, 0.5) is 26.3 Å². The van der Waals surface area contributed by atoms with E-state index in [4.69, 9.17) is 28.4 Å². The van der Waals surface area contributed by atoms with E-state index < -0.39 is 121 Å². The number of hydrogen-bond acceptors (Lipinski definition) is 12. The molecule has 2 aromatic rings. The summed E-state index contributed by atoms with van der Waals surface area (Å²) in [6.07, 6.45) is -20.5. The van der Waals surface area contributed by atoms with E-state index in [2.05, 4.69) is 15.4 Å². The maximum atomic E-state index is 13.4. The molecule has 14 nitrogen and oxygen atoms in total. The van der Waals surface area contributed by atoms with Crippen LogP contribution in [0, 0.1) is 0 Å². The second kappa shape index (κ2) is 15.8. The van der Waals surface area contributed by atoms with E-state index in [1.807, 2.05) is 0 Å². The van der Waals surface area contributed by atoms with Gasteiger partial charge in [-0.25, -0.2) is 4.79 Å². The van der Waals surface area contributed by atoms with Gasteiger partial charge in [0, 0.05) is 17.7 Å². The second-order valence-electron chi connectivity index (χ2n) is 12.7. The molecule has 20 heteroatoms. The van der Waals surface area contributed by atoms with Gasteiger partial charge in [0.15, 0.2) is 18.4 Å². The lowest BCUT2D eigenvalue weighted by atomic mass is 9.96. The van der Waals surface area contributed by atoms with Gasteiger partial charge in [-0.2, -0.15) is 26.3 Å². The van der Waals surface area contributed by atoms with Crippen LogP contribution >= 0.6 is 0 Å². The first kappa shape index (κ1) is 40.3. The number of amides is 2. The van der Waals surface area contributed by atoms with Crippen LogP contribution in [0.2, 0.25) is 0 Å². The summed E-state index contributed by atoms with van der Waals surface area (Å²) in [6.45, 7) is 1.19. The molecule has 2 amide bonds. The number of aliphatic hydroxyl groups excluding tert-OH is 2. The van der Waals surface area contributed by atoms with Gasteiger partial charge in [0.2, 0.25) is 0 Å². The number of hydrogen-bond donors (Lipinski definition) is 4. The number of rotatable bonds is 11. The predicted molar refractivity (Wildman–Crippen MR) is 164 cm³/mol. The van der Waals surface area contributed by atoms with E-state index >= 15 is 0 Å². The number of carbonyl (C=O) groups excluding carboxylic acids is 3. The molecule has 53 heavy (non-hydrogen) atoms. The van der Waals surface area contributed by atoms with Crippen molar-refractivity contribution >= 4 is 17.8 Å².